The fraction of sp³-hybridized carbons (Fsp3) is 0.300. The summed E-state index contributed by atoms with van der Waals surface area (Å²) in [5, 5.41) is 8.98. The van der Waals surface area contributed by atoms with E-state index in [1.165, 1.54) is 4.31 Å². The lowest BCUT2D eigenvalue weighted by Gasteiger charge is -2.34. The van der Waals surface area contributed by atoms with Crippen LogP contribution < -0.4 is 0 Å². The summed E-state index contributed by atoms with van der Waals surface area (Å²) in [5.74, 6) is -0.185. The van der Waals surface area contributed by atoms with Gasteiger partial charge in [-0.2, -0.15) is 9.57 Å². The van der Waals surface area contributed by atoms with E-state index in [-0.39, 0.29) is 19.0 Å². The first kappa shape index (κ1) is 19.1. The number of hydrogen-bond acceptors (Lipinski definition) is 4. The van der Waals surface area contributed by atoms with Crippen molar-refractivity contribution in [2.45, 2.75) is 18.7 Å². The Morgan fingerprint density at radius 1 is 1.04 bits per heavy atom. The summed E-state index contributed by atoms with van der Waals surface area (Å²) in [5.41, 5.74) is 2.61. The SMILES string of the molecule is Cc1ccc(S(=O)(=O)N2CCN(C(=O)c3cccc(C#N)c3)CC2)c(C)c1. The fourth-order valence-electron chi connectivity index (χ4n) is 3.26. The number of aryl methyl sites for hydroxylation is 2. The van der Waals surface area contributed by atoms with E-state index in [9.17, 15) is 13.2 Å². The number of nitriles is 1. The van der Waals surface area contributed by atoms with Gasteiger partial charge >= 0.3 is 0 Å². The van der Waals surface area contributed by atoms with E-state index in [0.29, 0.717) is 29.1 Å². The van der Waals surface area contributed by atoms with Crippen molar-refractivity contribution in [2.24, 2.45) is 0 Å². The molecule has 0 unspecified atom stereocenters. The Kier molecular flexibility index (Phi) is 5.31. The highest BCUT2D eigenvalue weighted by Crippen LogP contribution is 2.22. The summed E-state index contributed by atoms with van der Waals surface area (Å²) < 4.78 is 27.3. The molecule has 1 fully saturated rings. The summed E-state index contributed by atoms with van der Waals surface area (Å²) >= 11 is 0. The Morgan fingerprint density at radius 2 is 1.74 bits per heavy atom. The van der Waals surface area contributed by atoms with E-state index >= 15 is 0 Å². The third-order valence-electron chi connectivity index (χ3n) is 4.71. The maximum Gasteiger partial charge on any atom is 0.253 e. The molecule has 6 nitrogen and oxygen atoms in total. The van der Waals surface area contributed by atoms with E-state index in [0.717, 1.165) is 11.1 Å². The van der Waals surface area contributed by atoms with Crippen LogP contribution in [0.5, 0.6) is 0 Å². The van der Waals surface area contributed by atoms with Gasteiger partial charge in [0.1, 0.15) is 0 Å². The van der Waals surface area contributed by atoms with Crippen molar-refractivity contribution in [2.75, 3.05) is 26.2 Å². The molecule has 3 rings (SSSR count). The van der Waals surface area contributed by atoms with Gasteiger partial charge in [0, 0.05) is 31.7 Å². The topological polar surface area (TPSA) is 81.5 Å². The number of hydrogen-bond donors (Lipinski definition) is 0. The van der Waals surface area contributed by atoms with Crippen molar-refractivity contribution in [1.29, 1.82) is 5.26 Å². The first-order valence-electron chi connectivity index (χ1n) is 8.70. The van der Waals surface area contributed by atoms with E-state index < -0.39 is 10.0 Å². The molecule has 0 aromatic heterocycles. The molecule has 0 atom stereocenters. The number of carbonyl (C=O) groups excluding carboxylic acids is 1. The number of piperazine rings is 1. The highest BCUT2D eigenvalue weighted by Gasteiger charge is 2.31. The molecule has 1 heterocycles. The molecule has 0 N–H and O–H groups in total. The van der Waals surface area contributed by atoms with Crippen LogP contribution in [0.25, 0.3) is 0 Å². The van der Waals surface area contributed by atoms with Gasteiger partial charge in [-0.15, -0.1) is 0 Å². The van der Waals surface area contributed by atoms with Crippen LogP contribution in [0.2, 0.25) is 0 Å². The van der Waals surface area contributed by atoms with Crippen molar-refractivity contribution in [1.82, 2.24) is 9.21 Å². The maximum atomic E-state index is 12.9. The van der Waals surface area contributed by atoms with Gasteiger partial charge in [0.2, 0.25) is 10.0 Å². The molecular formula is C20H21N3O3S. The van der Waals surface area contributed by atoms with Crippen LogP contribution in [-0.2, 0) is 10.0 Å². The number of rotatable bonds is 3. The van der Waals surface area contributed by atoms with Crippen LogP contribution in [0.4, 0.5) is 0 Å². The maximum absolute atomic E-state index is 12.9. The van der Waals surface area contributed by atoms with Crippen LogP contribution in [0.1, 0.15) is 27.0 Å². The lowest BCUT2D eigenvalue weighted by atomic mass is 10.1. The van der Waals surface area contributed by atoms with Gasteiger partial charge in [-0.25, -0.2) is 8.42 Å². The second kappa shape index (κ2) is 7.51. The molecule has 0 saturated carbocycles. The Bertz CT molecular complexity index is 1020. The molecule has 1 saturated heterocycles. The quantitative estimate of drug-likeness (QED) is 0.815. The fourth-order valence-corrected chi connectivity index (χ4v) is 4.89. The molecule has 27 heavy (non-hydrogen) atoms. The normalized spacial score (nSPS) is 15.4. The third kappa shape index (κ3) is 3.87. The van der Waals surface area contributed by atoms with Crippen molar-refractivity contribution in [3.63, 3.8) is 0 Å². The monoisotopic (exact) mass is 383 g/mol. The van der Waals surface area contributed by atoms with Crippen molar-refractivity contribution >= 4 is 15.9 Å². The first-order chi connectivity index (χ1) is 12.8. The van der Waals surface area contributed by atoms with Crippen molar-refractivity contribution in [3.8, 4) is 6.07 Å². The van der Waals surface area contributed by atoms with Crippen LogP contribution >= 0.6 is 0 Å². The Hall–Kier alpha value is -2.69. The zero-order valence-corrected chi connectivity index (χ0v) is 16.2. The standard InChI is InChI=1S/C20H21N3O3S/c1-15-6-7-19(16(2)12-15)27(25,26)23-10-8-22(9-11-23)20(24)18-5-3-4-17(13-18)14-21/h3-7,12-13H,8-11H2,1-2H3. The third-order valence-corrected chi connectivity index (χ3v) is 6.77. The van der Waals surface area contributed by atoms with Crippen LogP contribution in [0.15, 0.2) is 47.4 Å². The molecule has 0 aliphatic carbocycles. The van der Waals surface area contributed by atoms with Gasteiger partial charge in [-0.05, 0) is 43.7 Å². The van der Waals surface area contributed by atoms with Gasteiger partial charge in [0.15, 0.2) is 0 Å². The minimum absolute atomic E-state index is 0.185. The summed E-state index contributed by atoms with van der Waals surface area (Å²) in [4.78, 5) is 14.6. The predicted octanol–water partition coefficient (Wildman–Crippen LogP) is 2.32. The number of benzene rings is 2. The molecule has 1 aliphatic rings. The molecule has 2 aromatic carbocycles. The molecular weight excluding hydrogens is 362 g/mol. The smallest absolute Gasteiger partial charge is 0.253 e. The van der Waals surface area contributed by atoms with Crippen molar-refractivity contribution in [3.05, 3.63) is 64.7 Å². The van der Waals surface area contributed by atoms with Crippen LogP contribution in [-0.4, -0.2) is 49.7 Å². The molecule has 0 bridgehead atoms. The zero-order chi connectivity index (χ0) is 19.6. The summed E-state index contributed by atoms with van der Waals surface area (Å²) in [6, 6.07) is 13.9. The Balaban J connectivity index is 1.73. The van der Waals surface area contributed by atoms with Gasteiger partial charge in [0.25, 0.3) is 5.91 Å². The van der Waals surface area contributed by atoms with E-state index in [2.05, 4.69) is 0 Å². The minimum atomic E-state index is -3.58. The molecule has 0 spiro atoms. The Morgan fingerprint density at radius 3 is 2.37 bits per heavy atom. The van der Waals surface area contributed by atoms with E-state index in [4.69, 9.17) is 5.26 Å². The number of carbonyl (C=O) groups is 1. The van der Waals surface area contributed by atoms with Crippen LogP contribution in [0.3, 0.4) is 0 Å². The first-order valence-corrected chi connectivity index (χ1v) is 10.1. The molecule has 1 aliphatic heterocycles. The highest BCUT2D eigenvalue weighted by molar-refractivity contribution is 7.89. The predicted molar refractivity (Wildman–Crippen MR) is 102 cm³/mol. The second-order valence-electron chi connectivity index (χ2n) is 6.66. The average molecular weight is 383 g/mol. The molecule has 140 valence electrons. The number of sulfonamides is 1. The van der Waals surface area contributed by atoms with Crippen molar-refractivity contribution < 1.29 is 13.2 Å². The van der Waals surface area contributed by atoms with E-state index in [1.807, 2.05) is 19.1 Å². The molecule has 1 amide bonds. The average Bonchev–Trinajstić information content (AvgIpc) is 2.67. The number of nitrogens with zero attached hydrogens (tertiary/aromatic N) is 3. The van der Waals surface area contributed by atoms with Gasteiger partial charge < -0.3 is 4.90 Å². The largest absolute Gasteiger partial charge is 0.336 e. The van der Waals surface area contributed by atoms with Crippen LogP contribution in [0, 0.1) is 25.2 Å². The minimum Gasteiger partial charge on any atom is -0.336 e. The van der Waals surface area contributed by atoms with Gasteiger partial charge in [0.05, 0.1) is 16.5 Å². The van der Waals surface area contributed by atoms with E-state index in [1.54, 1.807) is 48.2 Å². The summed E-state index contributed by atoms with van der Waals surface area (Å²) in [7, 11) is -3.58. The highest BCUT2D eigenvalue weighted by atomic mass is 32.2. The molecule has 2 aromatic rings. The summed E-state index contributed by atoms with van der Waals surface area (Å²) in [6.45, 7) is 4.86. The lowest BCUT2D eigenvalue weighted by molar-refractivity contribution is 0.0698. The Labute approximate surface area is 159 Å². The van der Waals surface area contributed by atoms with Gasteiger partial charge in [-0.3, -0.25) is 4.79 Å². The lowest BCUT2D eigenvalue weighted by Crippen LogP contribution is -2.50. The molecule has 7 heteroatoms. The summed E-state index contributed by atoms with van der Waals surface area (Å²) in [6.07, 6.45) is 0. The zero-order valence-electron chi connectivity index (χ0n) is 15.3. The molecule has 0 radical (unpaired) electrons. The second-order valence-corrected chi connectivity index (χ2v) is 8.56. The number of amides is 1. The van der Waals surface area contributed by atoms with Gasteiger partial charge in [-0.1, -0.05) is 23.8 Å².